The Morgan fingerprint density at radius 1 is 0.644 bits per heavy atom. The van der Waals surface area contributed by atoms with Gasteiger partial charge in [-0.3, -0.25) is 64.8 Å². The number of ether oxygens (including phenoxy) is 1. The summed E-state index contributed by atoms with van der Waals surface area (Å²) in [6.07, 6.45) is 18.3. The SMILES string of the molecule is C.C1CCCC1.COC(=O)c1ccc([N+](=O)[O-])cn1.IC(I)I.ICI.Nc1ccc(CN2CCCC2)nc1.O=Cc1ccc([N+](=O)[O-])cn1.O=[N+]([O-])c1ccc(CN2CCCC2)nc1.[CH2-]I.[CH2-]I.[CH3-].[V].[V].[V]. The summed E-state index contributed by atoms with van der Waals surface area (Å²) in [5.74, 6) is -0.616. The zero-order chi connectivity index (χ0) is 51.7. The number of nitro groups is 3. The summed E-state index contributed by atoms with van der Waals surface area (Å²) in [6.45, 7) is 6.42. The van der Waals surface area contributed by atoms with Crippen molar-refractivity contribution < 1.29 is 84.8 Å². The molecule has 6 heterocycles. The number of pyridine rings is 4. The van der Waals surface area contributed by atoms with Crippen molar-refractivity contribution in [2.24, 2.45) is 0 Å². The number of halogens is 7. The van der Waals surface area contributed by atoms with Gasteiger partial charge >= 0.3 is 5.97 Å². The topological polar surface area (TPSA) is 257 Å². The van der Waals surface area contributed by atoms with Crippen LogP contribution in [0.3, 0.4) is 0 Å². The van der Waals surface area contributed by atoms with Crippen molar-refractivity contribution >= 4 is 193 Å². The van der Waals surface area contributed by atoms with E-state index in [1.54, 1.807) is 12.3 Å². The van der Waals surface area contributed by atoms with E-state index in [1.807, 2.05) is 57.3 Å². The van der Waals surface area contributed by atoms with Crippen molar-refractivity contribution in [1.82, 2.24) is 29.7 Å². The molecule has 4 aromatic rings. The van der Waals surface area contributed by atoms with Gasteiger partial charge in [0.1, 0.15) is 29.9 Å². The van der Waals surface area contributed by atoms with Crippen molar-refractivity contribution in [3.8, 4) is 0 Å². The van der Waals surface area contributed by atoms with E-state index in [0.29, 0.717) is 6.29 Å². The van der Waals surface area contributed by atoms with Crippen LogP contribution in [0.2, 0.25) is 0 Å². The summed E-state index contributed by atoms with van der Waals surface area (Å²) in [4.78, 5) is 76.6. The second-order valence-corrected chi connectivity index (χ2v) is 28.7. The van der Waals surface area contributed by atoms with Crippen molar-refractivity contribution in [1.29, 1.82) is 0 Å². The molecule has 19 nitrogen and oxygen atoms in total. The number of alkyl halides is 5. The monoisotopic (exact) mass is 1920 g/mol. The Bertz CT molecular complexity index is 1940. The molecule has 0 unspecified atom stereocenters. The number of esters is 1. The van der Waals surface area contributed by atoms with Gasteiger partial charge in [0, 0.05) is 87.0 Å². The molecule has 2 saturated heterocycles. The Balaban J connectivity index is -0.000000142. The maximum atomic E-state index is 10.8. The zero-order valence-corrected chi connectivity index (χ0v) is 58.9. The molecule has 0 bridgehead atoms. The fourth-order valence-corrected chi connectivity index (χ4v) is 5.67. The third-order valence-electron chi connectivity index (χ3n) is 8.74. The zero-order valence-electron chi connectivity index (χ0n) is 39.6. The van der Waals surface area contributed by atoms with Crippen molar-refractivity contribution in [2.45, 2.75) is 78.2 Å². The van der Waals surface area contributed by atoms with E-state index < -0.39 is 20.7 Å². The van der Waals surface area contributed by atoms with Crippen LogP contribution in [0.5, 0.6) is 0 Å². The molecule has 2 N–H and O–H groups in total. The number of hydrogen-bond donors (Lipinski definition) is 1. The number of rotatable bonds is 9. The minimum absolute atomic E-state index is 0. The van der Waals surface area contributed by atoms with E-state index in [2.05, 4.69) is 157 Å². The molecule has 1 saturated carbocycles. The third-order valence-corrected chi connectivity index (χ3v) is 8.74. The number of nitrogen functional groups attached to an aromatic ring is 1. The summed E-state index contributed by atoms with van der Waals surface area (Å²) in [6, 6.07) is 12.1. The Labute approximate surface area is 562 Å². The van der Waals surface area contributed by atoms with Crippen LogP contribution in [0.4, 0.5) is 22.7 Å². The third kappa shape index (κ3) is 47.1. The molecule has 0 aromatic carbocycles. The van der Waals surface area contributed by atoms with Crippen LogP contribution in [0.15, 0.2) is 73.3 Å². The summed E-state index contributed by atoms with van der Waals surface area (Å²) in [7, 11) is 1.21. The predicted octanol–water partition coefficient (Wildman–Crippen LogP) is 14.3. The fraction of sp³-hybridized carbons (Fsp3) is 0.432. The molecule has 0 amide bonds. The van der Waals surface area contributed by atoms with E-state index in [9.17, 15) is 39.9 Å². The number of methoxy groups -OCH3 is 1. The number of hydrogen-bond acceptors (Lipinski definition) is 16. The van der Waals surface area contributed by atoms with Gasteiger partial charge in [-0.15, -0.1) is 0 Å². The molecule has 73 heavy (non-hydrogen) atoms. The maximum absolute atomic E-state index is 10.8. The van der Waals surface area contributed by atoms with Crippen LogP contribution in [-0.2, 0) is 73.5 Å². The van der Waals surface area contributed by atoms with Gasteiger partial charge in [-0.2, -0.15) is 0 Å². The second kappa shape index (κ2) is 58.7. The maximum Gasteiger partial charge on any atom is 0.356 e. The molecule has 2 aliphatic heterocycles. The van der Waals surface area contributed by atoms with Crippen molar-refractivity contribution in [2.75, 3.05) is 41.5 Å². The molecule has 0 atom stereocenters. The summed E-state index contributed by atoms with van der Waals surface area (Å²) in [5, 5.41) is 30.7. The first-order chi connectivity index (χ1) is 32.6. The molecule has 1 aliphatic carbocycles. The van der Waals surface area contributed by atoms with Crippen molar-refractivity contribution in [3.05, 3.63) is 144 Å². The van der Waals surface area contributed by atoms with Crippen LogP contribution in [0, 0.1) is 47.6 Å². The largest absolute Gasteiger partial charge is 0.464 e. The van der Waals surface area contributed by atoms with E-state index >= 15 is 0 Å². The molecule has 3 radical (unpaired) electrons. The number of aromatic nitrogens is 4. The second-order valence-electron chi connectivity index (χ2n) is 13.4. The van der Waals surface area contributed by atoms with Gasteiger partial charge in [0.15, 0.2) is 6.29 Å². The van der Waals surface area contributed by atoms with Crippen LogP contribution < -0.4 is 5.73 Å². The average Bonchev–Trinajstić information content (AvgIpc) is 4.20. The minimum atomic E-state index is -0.616. The molecule has 409 valence electrons. The molecule has 3 fully saturated rings. The first kappa shape index (κ1) is 87.4. The first-order valence-electron chi connectivity index (χ1n) is 20.2. The van der Waals surface area contributed by atoms with E-state index in [-0.39, 0.29) is 99.0 Å². The van der Waals surface area contributed by atoms with Crippen LogP contribution in [-0.4, -0.2) is 92.4 Å². The summed E-state index contributed by atoms with van der Waals surface area (Å²) < 4.78 is 6.30. The number of nitrogens with zero attached hydrogens (tertiary/aromatic N) is 9. The first-order valence-corrected chi connectivity index (χ1v) is 30.0. The van der Waals surface area contributed by atoms with E-state index in [0.717, 1.165) is 55.6 Å². The smallest absolute Gasteiger partial charge is 0.356 e. The normalized spacial score (nSPS) is 12.2. The van der Waals surface area contributed by atoms with Crippen molar-refractivity contribution in [3.63, 3.8) is 0 Å². The average molecular weight is 1920 g/mol. The number of aldehydes is 1. The van der Waals surface area contributed by atoms with E-state index in [1.165, 1.54) is 117 Å². The van der Waals surface area contributed by atoms with Crippen LogP contribution >= 0.6 is 158 Å². The Kier molecular flexibility index (Phi) is 70.2. The molecule has 29 heteroatoms. The number of carbonyl (C=O) groups excluding carboxylic acids is 2. The minimum Gasteiger partial charge on any atom is -0.464 e. The van der Waals surface area contributed by atoms with Gasteiger partial charge in [0.2, 0.25) is 0 Å². The van der Waals surface area contributed by atoms with E-state index in [4.69, 9.17) is 5.73 Å². The van der Waals surface area contributed by atoms with Crippen LogP contribution in [0.1, 0.15) is 97.6 Å². The van der Waals surface area contributed by atoms with Gasteiger partial charge in [-0.25, -0.2) is 14.8 Å². The molecule has 4 aromatic heterocycles. The van der Waals surface area contributed by atoms with Gasteiger partial charge in [0.05, 0.1) is 47.6 Å². The standard InChI is InChI=1S/C10H13N3O2.C10H15N3.C7H6N2O4.C6H4N2O3.C5H10.CHI3.CH2I2.2CH2I.CH4.CH3.3V/c14-13(15)10-4-3-9(11-7-10)8-12-5-1-2-6-12;11-9-3-4-10(12-7-9)8-13-5-1-2-6-13;1-13-7(10)6-3-2-5(4-8-6)9(11)12;9-4-5-1-2-6(3-7-5)8(10)11;1-2-4-5-3-1;2-1(3)4;2-1-3;2*1-2;;;;;/h3-4,7H,1-2,5-6,8H2;3-4,7H,1-2,5-6,8,11H2;2-4H,1H3;1-4H;1-5H2;1H;1H2;2*1H2;1H4;1H3;;;/q;;;;;;;2*-1;;-1;;;. The number of nitrogens with two attached hydrogens (primary N) is 1. The summed E-state index contributed by atoms with van der Waals surface area (Å²) >= 11 is 15.3. The molecule has 0 spiro atoms. The quantitative estimate of drug-likeness (QED) is 0.0311. The number of anilines is 1. The van der Waals surface area contributed by atoms with Crippen LogP contribution in [0.25, 0.3) is 0 Å². The number of carbonyl (C=O) groups is 2. The van der Waals surface area contributed by atoms with Gasteiger partial charge in [-0.1, -0.05) is 152 Å². The Hall–Kier alpha value is 0.523. The summed E-state index contributed by atoms with van der Waals surface area (Å²) in [5.41, 5.74) is 8.35. The molecular weight excluding hydrogens is 1850 g/mol. The van der Waals surface area contributed by atoms with Gasteiger partial charge in [-0.05, 0) is 82.2 Å². The van der Waals surface area contributed by atoms with Gasteiger partial charge in [0.25, 0.3) is 17.1 Å². The molecule has 7 rings (SSSR count). The Morgan fingerprint density at radius 3 is 1.23 bits per heavy atom. The molecular formula is C44H62I7N10O9V3-3. The number of likely N-dealkylation sites (tertiary alicyclic amines) is 2. The Morgan fingerprint density at radius 2 is 0.973 bits per heavy atom. The predicted molar refractivity (Wildman–Crippen MR) is 341 cm³/mol. The fourth-order valence-electron chi connectivity index (χ4n) is 5.67. The molecule has 3 aliphatic rings. The van der Waals surface area contributed by atoms with Gasteiger partial charge < -0.3 is 63.1 Å².